The molecule has 0 spiro atoms. The molecule has 1 amide bonds. The number of rotatable bonds is 6. The van der Waals surface area contributed by atoms with Gasteiger partial charge in [-0.25, -0.2) is 18.7 Å². The minimum atomic E-state index is -1.21. The van der Waals surface area contributed by atoms with E-state index in [1.807, 2.05) is 0 Å². The average molecular weight is 537 g/mol. The summed E-state index contributed by atoms with van der Waals surface area (Å²) in [7, 11) is 3.33. The molecule has 38 heavy (non-hydrogen) atoms. The molecular formula is C27H26F2N6O2S. The molecule has 0 radical (unpaired) electrons. The highest BCUT2D eigenvalue weighted by Gasteiger charge is 2.71. The van der Waals surface area contributed by atoms with Crippen molar-refractivity contribution in [2.45, 2.75) is 43.1 Å². The highest BCUT2D eigenvalue weighted by Crippen LogP contribution is 2.66. The van der Waals surface area contributed by atoms with Crippen molar-refractivity contribution in [1.82, 2.24) is 19.9 Å². The van der Waals surface area contributed by atoms with Gasteiger partial charge in [-0.3, -0.25) is 14.8 Å². The van der Waals surface area contributed by atoms with E-state index in [9.17, 15) is 9.18 Å². The molecule has 0 bridgehead atoms. The van der Waals surface area contributed by atoms with E-state index in [0.29, 0.717) is 28.7 Å². The van der Waals surface area contributed by atoms with Crippen LogP contribution in [0.15, 0.2) is 35.6 Å². The first-order valence-corrected chi connectivity index (χ1v) is 12.8. The van der Waals surface area contributed by atoms with E-state index >= 15 is 4.39 Å². The predicted octanol–water partition coefficient (Wildman–Crippen LogP) is 3.42. The van der Waals surface area contributed by atoms with Crippen LogP contribution in [0.5, 0.6) is 5.88 Å². The van der Waals surface area contributed by atoms with Gasteiger partial charge >= 0.3 is 0 Å². The number of ether oxygens (including phenoxy) is 1. The number of terminal acetylenes is 1. The quantitative estimate of drug-likeness (QED) is 0.481. The van der Waals surface area contributed by atoms with E-state index in [1.165, 1.54) is 22.9 Å². The molecule has 0 unspecified atom stereocenters. The van der Waals surface area contributed by atoms with Crippen LogP contribution in [0, 0.1) is 29.9 Å². The molecule has 0 saturated heterocycles. The van der Waals surface area contributed by atoms with Crippen LogP contribution in [-0.2, 0) is 16.8 Å². The molecule has 1 fully saturated rings. The number of carbonyl (C=O) groups is 1. The fraction of sp³-hybridized carbons (Fsp3) is 0.370. The van der Waals surface area contributed by atoms with E-state index in [2.05, 4.69) is 25.9 Å². The maximum absolute atomic E-state index is 15.3. The Labute approximate surface area is 223 Å². The van der Waals surface area contributed by atoms with Gasteiger partial charge < -0.3 is 15.4 Å². The SMILES string of the molecule is C#C[C@H](C)Oc1cnc2c(Cc3cc(F)c(F)c([C@@]4(C)N=C(N)S[C@@]5(C(=O)N(C)C)C[C@H]54)c3)nccc2n1. The lowest BCUT2D eigenvalue weighted by Gasteiger charge is -2.34. The number of aliphatic imine (C=N–C) groups is 1. The Hall–Kier alpha value is -3.78. The summed E-state index contributed by atoms with van der Waals surface area (Å²) in [5.74, 6) is 0.263. The van der Waals surface area contributed by atoms with E-state index in [4.69, 9.17) is 16.9 Å². The second-order valence-corrected chi connectivity index (χ2v) is 11.3. The normalized spacial score (nSPS) is 24.7. The maximum Gasteiger partial charge on any atom is 0.239 e. The first-order valence-electron chi connectivity index (χ1n) is 12.0. The topological polar surface area (TPSA) is 107 Å². The highest BCUT2D eigenvalue weighted by atomic mass is 32.2. The summed E-state index contributed by atoms with van der Waals surface area (Å²) in [5, 5.41) is 0.171. The van der Waals surface area contributed by atoms with Crippen LogP contribution < -0.4 is 10.5 Å². The lowest BCUT2D eigenvalue weighted by atomic mass is 9.84. The number of pyridine rings is 1. The summed E-state index contributed by atoms with van der Waals surface area (Å²) in [6.45, 7) is 3.42. The minimum Gasteiger partial charge on any atom is -0.460 e. The number of amides is 1. The summed E-state index contributed by atoms with van der Waals surface area (Å²) in [4.78, 5) is 32.3. The number of halogens is 2. The van der Waals surface area contributed by atoms with Crippen molar-refractivity contribution < 1.29 is 18.3 Å². The van der Waals surface area contributed by atoms with Crippen molar-refractivity contribution in [2.75, 3.05) is 14.1 Å². The Morgan fingerprint density at radius 1 is 1.37 bits per heavy atom. The average Bonchev–Trinajstić information content (AvgIpc) is 3.62. The third kappa shape index (κ3) is 4.22. The number of amidine groups is 1. The molecule has 4 atom stereocenters. The van der Waals surface area contributed by atoms with Crippen LogP contribution in [-0.4, -0.2) is 55.9 Å². The van der Waals surface area contributed by atoms with Crippen molar-refractivity contribution >= 4 is 33.9 Å². The molecular weight excluding hydrogens is 510 g/mol. The third-order valence-corrected chi connectivity index (χ3v) is 8.33. The van der Waals surface area contributed by atoms with Gasteiger partial charge in [0.15, 0.2) is 22.9 Å². The number of hydrogen-bond acceptors (Lipinski definition) is 8. The van der Waals surface area contributed by atoms with Gasteiger partial charge in [0.25, 0.3) is 0 Å². The first kappa shape index (κ1) is 25.9. The van der Waals surface area contributed by atoms with Gasteiger partial charge in [-0.2, -0.15) is 0 Å². The lowest BCUT2D eigenvalue weighted by molar-refractivity contribution is -0.129. The predicted molar refractivity (Wildman–Crippen MR) is 142 cm³/mol. The molecule has 5 rings (SSSR count). The van der Waals surface area contributed by atoms with Crippen LogP contribution in [0.3, 0.4) is 0 Å². The van der Waals surface area contributed by atoms with Crippen molar-refractivity contribution in [1.29, 1.82) is 0 Å². The van der Waals surface area contributed by atoms with Crippen molar-refractivity contribution in [2.24, 2.45) is 16.6 Å². The molecule has 1 saturated carbocycles. The molecule has 1 aliphatic heterocycles. The largest absolute Gasteiger partial charge is 0.460 e. The zero-order valence-electron chi connectivity index (χ0n) is 21.3. The number of nitrogens with two attached hydrogens (primary N) is 1. The first-order chi connectivity index (χ1) is 18.0. The summed E-state index contributed by atoms with van der Waals surface area (Å²) in [5.41, 5.74) is 7.00. The highest BCUT2D eigenvalue weighted by molar-refractivity contribution is 8.15. The molecule has 1 aromatic carbocycles. The van der Waals surface area contributed by atoms with Crippen LogP contribution in [0.2, 0.25) is 0 Å². The van der Waals surface area contributed by atoms with E-state index in [1.54, 1.807) is 46.3 Å². The van der Waals surface area contributed by atoms with Gasteiger partial charge in [0.1, 0.15) is 10.3 Å². The number of nitrogens with zero attached hydrogens (tertiary/aromatic N) is 5. The summed E-state index contributed by atoms with van der Waals surface area (Å²) in [6.07, 6.45) is 8.53. The Morgan fingerprint density at radius 3 is 2.84 bits per heavy atom. The van der Waals surface area contributed by atoms with Gasteiger partial charge in [0.05, 0.1) is 22.9 Å². The molecule has 196 valence electrons. The minimum absolute atomic E-state index is 0.0551. The van der Waals surface area contributed by atoms with Crippen LogP contribution in [0.4, 0.5) is 8.78 Å². The van der Waals surface area contributed by atoms with Gasteiger partial charge in [0.2, 0.25) is 11.8 Å². The molecule has 8 nitrogen and oxygen atoms in total. The zero-order valence-corrected chi connectivity index (χ0v) is 22.1. The summed E-state index contributed by atoms with van der Waals surface area (Å²) >= 11 is 1.19. The molecule has 3 aromatic rings. The second kappa shape index (κ2) is 9.20. The van der Waals surface area contributed by atoms with E-state index < -0.39 is 28.0 Å². The fourth-order valence-electron chi connectivity index (χ4n) is 5.13. The van der Waals surface area contributed by atoms with Gasteiger partial charge in [-0.15, -0.1) is 6.42 Å². The van der Waals surface area contributed by atoms with Crippen LogP contribution in [0.25, 0.3) is 11.0 Å². The smallest absolute Gasteiger partial charge is 0.239 e. The van der Waals surface area contributed by atoms with Gasteiger partial charge in [-0.05, 0) is 44.0 Å². The monoisotopic (exact) mass is 536 g/mol. The van der Waals surface area contributed by atoms with Gasteiger partial charge in [-0.1, -0.05) is 17.7 Å². The third-order valence-electron chi connectivity index (χ3n) is 7.04. The van der Waals surface area contributed by atoms with Crippen molar-refractivity contribution in [3.63, 3.8) is 0 Å². The van der Waals surface area contributed by atoms with Crippen molar-refractivity contribution in [3.8, 4) is 18.2 Å². The van der Waals surface area contributed by atoms with Crippen LogP contribution >= 0.6 is 11.8 Å². The van der Waals surface area contributed by atoms with Gasteiger partial charge in [0, 0.05) is 38.2 Å². The number of carbonyl (C=O) groups excluding carboxylic acids is 1. The van der Waals surface area contributed by atoms with Crippen molar-refractivity contribution in [3.05, 3.63) is 59.0 Å². The molecule has 3 heterocycles. The van der Waals surface area contributed by atoms with E-state index in [0.717, 1.165) is 6.07 Å². The zero-order chi connectivity index (χ0) is 27.4. The number of benzene rings is 1. The maximum atomic E-state index is 15.3. The van der Waals surface area contributed by atoms with Crippen LogP contribution in [0.1, 0.15) is 37.1 Å². The Kier molecular flexibility index (Phi) is 6.26. The fourth-order valence-corrected chi connectivity index (χ4v) is 6.63. The Balaban J connectivity index is 1.52. The Morgan fingerprint density at radius 2 is 2.13 bits per heavy atom. The molecule has 2 aliphatic rings. The molecule has 1 aliphatic carbocycles. The number of thioether (sulfide) groups is 1. The second-order valence-electron chi connectivity index (χ2n) is 9.92. The van der Waals surface area contributed by atoms with E-state index in [-0.39, 0.29) is 34.9 Å². The number of hydrogen-bond donors (Lipinski definition) is 1. The molecule has 11 heteroatoms. The standard InChI is InChI=1S/C27H26F2N6O2S/c1-6-14(2)37-21-13-32-23-18(33-21)7-8-31-19(23)11-15-9-16(22(29)17(28)10-15)26(3)20-12-27(20,24(36)35(4)5)38-25(30)34-26/h1,7-10,13-14,20H,11-12H2,2-5H3,(H2,30,34)/t14-,20-,26+,27-/m0/s1. The molecule has 2 N–H and O–H groups in total. The Bertz CT molecular complexity index is 1540. The summed E-state index contributed by atoms with van der Waals surface area (Å²) < 4.78 is 35.0. The number of aromatic nitrogens is 3. The molecule has 2 aromatic heterocycles. The number of fused-ring (bicyclic) bond motifs is 2. The summed E-state index contributed by atoms with van der Waals surface area (Å²) in [6, 6.07) is 4.40. The lowest BCUT2D eigenvalue weighted by Crippen LogP contribution is -2.43.